The maximum atomic E-state index is 13.3. The van der Waals surface area contributed by atoms with Crippen LogP contribution in [0.2, 0.25) is 30.1 Å². The van der Waals surface area contributed by atoms with Crippen molar-refractivity contribution in [1.82, 2.24) is 0 Å². The number of rotatable bonds is 10. The average molecular weight is 785 g/mol. The van der Waals surface area contributed by atoms with E-state index in [1.54, 1.807) is 0 Å². The molecule has 262 valence electrons. The summed E-state index contributed by atoms with van der Waals surface area (Å²) >= 11 is 37.7. The Labute approximate surface area is 309 Å². The highest BCUT2D eigenvalue weighted by Gasteiger charge is 2.50. The number of esters is 4. The summed E-state index contributed by atoms with van der Waals surface area (Å²) in [6.45, 7) is 12.6. The van der Waals surface area contributed by atoms with Gasteiger partial charge in [0.2, 0.25) is 0 Å². The Kier molecular flexibility index (Phi) is 12.2. The Morgan fingerprint density at radius 2 is 0.958 bits per heavy atom. The van der Waals surface area contributed by atoms with Gasteiger partial charge in [0.25, 0.3) is 0 Å². The van der Waals surface area contributed by atoms with E-state index in [0.717, 1.165) is 37.8 Å². The van der Waals surface area contributed by atoms with E-state index in [2.05, 4.69) is 27.7 Å². The Morgan fingerprint density at radius 3 is 1.23 bits per heavy atom. The Bertz CT molecular complexity index is 1530. The van der Waals surface area contributed by atoms with Gasteiger partial charge in [-0.25, -0.2) is 19.2 Å². The van der Waals surface area contributed by atoms with Gasteiger partial charge in [-0.05, 0) is 61.5 Å². The minimum atomic E-state index is -1.64. The van der Waals surface area contributed by atoms with Crippen LogP contribution < -0.4 is 9.47 Å². The van der Waals surface area contributed by atoms with Crippen molar-refractivity contribution >= 4 is 93.5 Å². The first-order valence-corrected chi connectivity index (χ1v) is 17.8. The molecule has 0 heterocycles. The van der Waals surface area contributed by atoms with E-state index in [1.807, 2.05) is 13.8 Å². The summed E-state index contributed by atoms with van der Waals surface area (Å²) in [5.41, 5.74) is -1.37. The molecule has 4 rings (SSSR count). The maximum absolute atomic E-state index is 13.3. The number of hydrogen-bond donors (Lipinski definition) is 0. The van der Waals surface area contributed by atoms with Gasteiger partial charge in [-0.1, -0.05) is 111 Å². The Balaban J connectivity index is 1.56. The van der Waals surface area contributed by atoms with Gasteiger partial charge >= 0.3 is 23.9 Å². The Morgan fingerprint density at radius 1 is 0.625 bits per heavy atom. The zero-order valence-electron chi connectivity index (χ0n) is 27.2. The minimum Gasteiger partial charge on any atom is -0.461 e. The van der Waals surface area contributed by atoms with Crippen molar-refractivity contribution in [2.45, 2.75) is 67.2 Å². The van der Waals surface area contributed by atoms with Crippen molar-refractivity contribution in [3.05, 3.63) is 53.4 Å². The first-order valence-electron chi connectivity index (χ1n) is 15.6. The number of halogens is 6. The lowest BCUT2D eigenvalue weighted by Gasteiger charge is -2.52. The molecule has 2 fully saturated rings. The fourth-order valence-electron chi connectivity index (χ4n) is 6.96. The number of benzene rings is 2. The van der Waals surface area contributed by atoms with Gasteiger partial charge in [0.1, 0.15) is 11.1 Å². The van der Waals surface area contributed by atoms with Crippen LogP contribution in [0, 0.1) is 34.5 Å². The Hall–Kier alpha value is -1.94. The SMILES string of the molecule is CCC1(COC(=O)c2c(Cl)c(Cl)cc(Cl)c2OC(=O)C(=O)Oc2c(Cl)cc(Cl)c(Cl)c2C(=O)OCC2(CC)CC(C)C2C)CC(C)C1C. The molecule has 2 saturated carbocycles. The molecule has 0 aromatic heterocycles. The molecule has 0 bridgehead atoms. The van der Waals surface area contributed by atoms with E-state index in [1.165, 1.54) is 0 Å². The van der Waals surface area contributed by atoms with E-state index in [9.17, 15) is 19.2 Å². The highest BCUT2D eigenvalue weighted by atomic mass is 35.5. The second-order valence-corrected chi connectivity index (χ2v) is 15.4. The molecule has 48 heavy (non-hydrogen) atoms. The van der Waals surface area contributed by atoms with Gasteiger partial charge in [-0.3, -0.25) is 0 Å². The quantitative estimate of drug-likeness (QED) is 0.101. The molecular formula is C34H36Cl6O8. The van der Waals surface area contributed by atoms with Crippen LogP contribution in [0.3, 0.4) is 0 Å². The van der Waals surface area contributed by atoms with E-state index in [4.69, 9.17) is 88.6 Å². The first kappa shape index (κ1) is 38.9. The van der Waals surface area contributed by atoms with Crippen molar-refractivity contribution in [3.8, 4) is 11.5 Å². The fourth-order valence-corrected chi connectivity index (χ4v) is 8.40. The third kappa shape index (κ3) is 7.26. The molecule has 6 atom stereocenters. The van der Waals surface area contributed by atoms with Crippen LogP contribution in [0.5, 0.6) is 11.5 Å². The smallest absolute Gasteiger partial charge is 0.423 e. The molecule has 0 N–H and O–H groups in total. The molecule has 2 aromatic carbocycles. The third-order valence-electron chi connectivity index (χ3n) is 10.7. The highest BCUT2D eigenvalue weighted by molar-refractivity contribution is 6.47. The van der Waals surface area contributed by atoms with Gasteiger partial charge in [0.05, 0.1) is 43.3 Å². The van der Waals surface area contributed by atoms with Crippen LogP contribution in [0.15, 0.2) is 12.1 Å². The number of hydrogen-bond acceptors (Lipinski definition) is 8. The molecule has 0 spiro atoms. The third-order valence-corrected chi connectivity index (χ3v) is 12.8. The molecule has 2 aliphatic rings. The lowest BCUT2D eigenvalue weighted by Crippen LogP contribution is -2.48. The number of ether oxygens (including phenoxy) is 4. The van der Waals surface area contributed by atoms with Crippen molar-refractivity contribution in [2.75, 3.05) is 13.2 Å². The zero-order valence-corrected chi connectivity index (χ0v) is 31.8. The maximum Gasteiger partial charge on any atom is 0.423 e. The molecule has 0 saturated heterocycles. The molecule has 0 amide bonds. The van der Waals surface area contributed by atoms with E-state index in [-0.39, 0.29) is 54.2 Å². The molecule has 8 nitrogen and oxygen atoms in total. The normalized spacial score (nSPS) is 26.2. The fraction of sp³-hybridized carbons (Fsp3) is 0.529. The second kappa shape index (κ2) is 15.1. The summed E-state index contributed by atoms with van der Waals surface area (Å²) in [5.74, 6) is -4.83. The van der Waals surface area contributed by atoms with Gasteiger partial charge in [-0.15, -0.1) is 0 Å². The van der Waals surface area contributed by atoms with Crippen LogP contribution in [0.4, 0.5) is 0 Å². The molecular weight excluding hydrogens is 749 g/mol. The van der Waals surface area contributed by atoms with Crippen molar-refractivity contribution < 1.29 is 38.1 Å². The largest absolute Gasteiger partial charge is 0.461 e. The predicted octanol–water partition coefficient (Wildman–Crippen LogP) is 10.6. The van der Waals surface area contributed by atoms with Crippen molar-refractivity contribution in [2.24, 2.45) is 34.5 Å². The van der Waals surface area contributed by atoms with Crippen LogP contribution in [0.25, 0.3) is 0 Å². The molecule has 6 unspecified atom stereocenters. The summed E-state index contributed by atoms with van der Waals surface area (Å²) in [6.07, 6.45) is 3.27. The van der Waals surface area contributed by atoms with E-state index < -0.39 is 46.5 Å². The second-order valence-electron chi connectivity index (χ2n) is 13.0. The molecule has 0 radical (unpaired) electrons. The van der Waals surface area contributed by atoms with Crippen LogP contribution in [0.1, 0.15) is 87.9 Å². The van der Waals surface area contributed by atoms with E-state index >= 15 is 0 Å². The highest BCUT2D eigenvalue weighted by Crippen LogP contribution is 2.54. The lowest BCUT2D eigenvalue weighted by molar-refractivity contribution is -0.156. The van der Waals surface area contributed by atoms with Gasteiger partial charge < -0.3 is 18.9 Å². The van der Waals surface area contributed by atoms with Crippen LogP contribution >= 0.6 is 69.6 Å². The zero-order chi connectivity index (χ0) is 35.9. The summed E-state index contributed by atoms with van der Waals surface area (Å²) < 4.78 is 21.7. The number of carbonyl (C=O) groups is 4. The standard InChI is InChI=1S/C34H36Cl6O8/c1-7-33(11-15(3)17(33)5)13-45-29(41)23-25(39)19(35)9-21(37)27(23)47-31(43)32(44)48-28-22(38)10-20(36)26(40)24(28)30(42)46-14-34(8-2)12-16(4)18(34)6/h9-10,15-18H,7-8,11-14H2,1-6H3. The summed E-state index contributed by atoms with van der Waals surface area (Å²) in [4.78, 5) is 52.9. The summed E-state index contributed by atoms with van der Waals surface area (Å²) in [7, 11) is 0. The van der Waals surface area contributed by atoms with Crippen molar-refractivity contribution in [1.29, 1.82) is 0 Å². The first-order chi connectivity index (χ1) is 22.4. The van der Waals surface area contributed by atoms with Gasteiger partial charge in [0, 0.05) is 10.8 Å². The lowest BCUT2D eigenvalue weighted by atomic mass is 9.54. The van der Waals surface area contributed by atoms with E-state index in [0.29, 0.717) is 23.7 Å². The number of carbonyl (C=O) groups excluding carboxylic acids is 4. The minimum absolute atomic E-state index is 0.0791. The monoisotopic (exact) mass is 782 g/mol. The topological polar surface area (TPSA) is 105 Å². The molecule has 0 aliphatic heterocycles. The predicted molar refractivity (Wildman–Crippen MR) is 186 cm³/mol. The molecule has 2 aliphatic carbocycles. The van der Waals surface area contributed by atoms with Gasteiger partial charge in [0.15, 0.2) is 11.5 Å². The van der Waals surface area contributed by atoms with Gasteiger partial charge in [-0.2, -0.15) is 0 Å². The molecule has 14 heteroatoms. The van der Waals surface area contributed by atoms with Crippen LogP contribution in [-0.4, -0.2) is 37.1 Å². The summed E-state index contributed by atoms with van der Waals surface area (Å²) in [6, 6.07) is 2.27. The van der Waals surface area contributed by atoms with Crippen LogP contribution in [-0.2, 0) is 19.1 Å². The molecule has 2 aromatic rings. The van der Waals surface area contributed by atoms with Crippen molar-refractivity contribution in [3.63, 3.8) is 0 Å². The summed E-state index contributed by atoms with van der Waals surface area (Å²) in [5, 5.41) is -1.47. The average Bonchev–Trinajstić information content (AvgIpc) is 3.05.